The quantitative estimate of drug-likeness (QED) is 0.819. The van der Waals surface area contributed by atoms with Crippen LogP contribution in [0.3, 0.4) is 0 Å². The summed E-state index contributed by atoms with van der Waals surface area (Å²) in [5, 5.41) is 0. The van der Waals surface area contributed by atoms with E-state index in [1.165, 1.54) is 38.5 Å². The van der Waals surface area contributed by atoms with Crippen molar-refractivity contribution in [2.24, 2.45) is 5.73 Å². The molecule has 0 saturated heterocycles. The maximum Gasteiger partial charge on any atom is -0.00322 e. The number of nitrogens with two attached hydrogens (primary N) is 1. The summed E-state index contributed by atoms with van der Waals surface area (Å²) >= 11 is 0. The normalized spacial score (nSPS) is 22.8. The molecule has 0 aromatic heterocycles. The van der Waals surface area contributed by atoms with Crippen LogP contribution in [0.25, 0.3) is 0 Å². The Labute approximate surface area is 98.0 Å². The highest BCUT2D eigenvalue weighted by atomic mass is 14.6. The molecule has 2 saturated carbocycles. The van der Waals surface area contributed by atoms with Gasteiger partial charge in [-0.2, -0.15) is 0 Å². The number of benzene rings is 1. The predicted octanol–water partition coefficient (Wildman–Crippen LogP) is 3.33. The molecule has 2 aliphatic carbocycles. The van der Waals surface area contributed by atoms with Gasteiger partial charge < -0.3 is 5.73 Å². The van der Waals surface area contributed by atoms with Gasteiger partial charge in [0.05, 0.1) is 0 Å². The summed E-state index contributed by atoms with van der Waals surface area (Å²) in [5.74, 6) is 0.867. The topological polar surface area (TPSA) is 26.0 Å². The van der Waals surface area contributed by atoms with E-state index < -0.39 is 0 Å². The summed E-state index contributed by atoms with van der Waals surface area (Å²) in [6, 6.07) is 9.12. The van der Waals surface area contributed by atoms with Crippen LogP contribution in [0.15, 0.2) is 24.3 Å². The summed E-state index contributed by atoms with van der Waals surface area (Å²) in [6.07, 6.45) is 8.07. The minimum absolute atomic E-state index is 0.452. The van der Waals surface area contributed by atoms with Gasteiger partial charge in [-0.25, -0.2) is 0 Å². The molecule has 0 spiro atoms. The fourth-order valence-electron chi connectivity index (χ4n) is 3.26. The third-order valence-electron chi connectivity index (χ3n) is 4.48. The monoisotopic (exact) mass is 215 g/mol. The SMILES string of the molecule is NCCC1(c2ccccc2C2CC2)CCC1. The van der Waals surface area contributed by atoms with E-state index in [0.717, 1.165) is 12.5 Å². The van der Waals surface area contributed by atoms with Crippen LogP contribution in [0.2, 0.25) is 0 Å². The van der Waals surface area contributed by atoms with Gasteiger partial charge in [0.1, 0.15) is 0 Å². The maximum atomic E-state index is 5.80. The molecule has 1 heteroatoms. The largest absolute Gasteiger partial charge is 0.330 e. The van der Waals surface area contributed by atoms with Crippen LogP contribution < -0.4 is 5.73 Å². The van der Waals surface area contributed by atoms with Gasteiger partial charge in [-0.05, 0) is 61.1 Å². The van der Waals surface area contributed by atoms with Gasteiger partial charge in [-0.15, -0.1) is 0 Å². The molecule has 0 aliphatic heterocycles. The van der Waals surface area contributed by atoms with Crippen LogP contribution in [0, 0.1) is 0 Å². The Hall–Kier alpha value is -0.820. The van der Waals surface area contributed by atoms with Crippen molar-refractivity contribution in [1.29, 1.82) is 0 Å². The van der Waals surface area contributed by atoms with Crippen LogP contribution in [-0.4, -0.2) is 6.54 Å². The molecular formula is C15H21N. The highest BCUT2D eigenvalue weighted by Crippen LogP contribution is 2.51. The number of hydrogen-bond acceptors (Lipinski definition) is 1. The molecule has 0 heterocycles. The van der Waals surface area contributed by atoms with E-state index in [4.69, 9.17) is 5.73 Å². The second kappa shape index (κ2) is 3.89. The van der Waals surface area contributed by atoms with Crippen molar-refractivity contribution in [3.63, 3.8) is 0 Å². The Kier molecular flexibility index (Phi) is 2.51. The maximum absolute atomic E-state index is 5.80. The van der Waals surface area contributed by atoms with E-state index in [2.05, 4.69) is 24.3 Å². The Balaban J connectivity index is 1.97. The fourth-order valence-corrected chi connectivity index (χ4v) is 3.26. The molecule has 2 N–H and O–H groups in total. The Morgan fingerprint density at radius 1 is 1.19 bits per heavy atom. The van der Waals surface area contributed by atoms with Crippen molar-refractivity contribution in [3.8, 4) is 0 Å². The lowest BCUT2D eigenvalue weighted by molar-refractivity contribution is 0.228. The lowest BCUT2D eigenvalue weighted by Gasteiger charge is -2.43. The molecule has 3 rings (SSSR count). The van der Waals surface area contributed by atoms with Crippen molar-refractivity contribution < 1.29 is 0 Å². The van der Waals surface area contributed by atoms with Crippen LogP contribution >= 0.6 is 0 Å². The third kappa shape index (κ3) is 1.58. The molecule has 2 fully saturated rings. The first-order chi connectivity index (χ1) is 7.86. The molecular weight excluding hydrogens is 194 g/mol. The van der Waals surface area contributed by atoms with Gasteiger partial charge >= 0.3 is 0 Å². The van der Waals surface area contributed by atoms with Crippen molar-refractivity contribution in [1.82, 2.24) is 0 Å². The molecule has 1 nitrogen and oxygen atoms in total. The first-order valence-corrected chi connectivity index (χ1v) is 6.65. The molecule has 0 atom stereocenters. The summed E-state index contributed by atoms with van der Waals surface area (Å²) in [5.41, 5.74) is 9.52. The molecule has 0 amide bonds. The van der Waals surface area contributed by atoms with Crippen molar-refractivity contribution in [3.05, 3.63) is 35.4 Å². The molecule has 86 valence electrons. The van der Waals surface area contributed by atoms with Crippen molar-refractivity contribution in [2.75, 3.05) is 6.54 Å². The average molecular weight is 215 g/mol. The second-order valence-electron chi connectivity index (χ2n) is 5.53. The lowest BCUT2D eigenvalue weighted by atomic mass is 9.61. The summed E-state index contributed by atoms with van der Waals surface area (Å²) in [7, 11) is 0. The van der Waals surface area contributed by atoms with Crippen LogP contribution in [0.1, 0.15) is 55.6 Å². The zero-order valence-corrected chi connectivity index (χ0v) is 9.91. The van der Waals surface area contributed by atoms with E-state index >= 15 is 0 Å². The van der Waals surface area contributed by atoms with Gasteiger partial charge in [0.25, 0.3) is 0 Å². The van der Waals surface area contributed by atoms with Crippen LogP contribution in [0.5, 0.6) is 0 Å². The Bertz CT molecular complexity index is 375. The summed E-state index contributed by atoms with van der Waals surface area (Å²) < 4.78 is 0. The molecule has 0 bridgehead atoms. The molecule has 1 aromatic rings. The summed E-state index contributed by atoms with van der Waals surface area (Å²) in [4.78, 5) is 0. The highest BCUT2D eigenvalue weighted by molar-refractivity contribution is 5.40. The highest BCUT2D eigenvalue weighted by Gasteiger charge is 2.41. The minimum atomic E-state index is 0.452. The second-order valence-corrected chi connectivity index (χ2v) is 5.53. The first kappa shape index (κ1) is 10.3. The standard InChI is InChI=1S/C15H21N/c16-11-10-15(8-3-9-15)14-5-2-1-4-13(14)12-6-7-12/h1-2,4-5,12H,3,6-11,16H2. The van der Waals surface area contributed by atoms with Gasteiger partial charge in [0.2, 0.25) is 0 Å². The lowest BCUT2D eigenvalue weighted by Crippen LogP contribution is -2.37. The van der Waals surface area contributed by atoms with E-state index in [1.54, 1.807) is 11.1 Å². The van der Waals surface area contributed by atoms with E-state index in [1.807, 2.05) is 0 Å². The molecule has 0 radical (unpaired) electrons. The van der Waals surface area contributed by atoms with Gasteiger partial charge in [-0.3, -0.25) is 0 Å². The van der Waals surface area contributed by atoms with E-state index in [0.29, 0.717) is 5.41 Å². The molecule has 16 heavy (non-hydrogen) atoms. The number of rotatable bonds is 4. The van der Waals surface area contributed by atoms with Gasteiger partial charge in [0.15, 0.2) is 0 Å². The predicted molar refractivity (Wildman–Crippen MR) is 67.6 cm³/mol. The smallest absolute Gasteiger partial charge is 0.00322 e. The summed E-state index contributed by atoms with van der Waals surface area (Å²) in [6.45, 7) is 0.832. The fraction of sp³-hybridized carbons (Fsp3) is 0.600. The molecule has 1 aromatic carbocycles. The van der Waals surface area contributed by atoms with E-state index in [-0.39, 0.29) is 0 Å². The van der Waals surface area contributed by atoms with Crippen LogP contribution in [-0.2, 0) is 5.41 Å². The molecule has 0 unspecified atom stereocenters. The number of hydrogen-bond donors (Lipinski definition) is 1. The average Bonchev–Trinajstić information content (AvgIpc) is 3.07. The first-order valence-electron chi connectivity index (χ1n) is 6.65. The van der Waals surface area contributed by atoms with Gasteiger partial charge in [-0.1, -0.05) is 30.7 Å². The molecule has 2 aliphatic rings. The van der Waals surface area contributed by atoms with Crippen molar-refractivity contribution >= 4 is 0 Å². The Morgan fingerprint density at radius 3 is 2.50 bits per heavy atom. The van der Waals surface area contributed by atoms with Gasteiger partial charge in [0, 0.05) is 0 Å². The minimum Gasteiger partial charge on any atom is -0.330 e. The van der Waals surface area contributed by atoms with Crippen LogP contribution in [0.4, 0.5) is 0 Å². The van der Waals surface area contributed by atoms with E-state index in [9.17, 15) is 0 Å². The zero-order chi connectivity index (χ0) is 11.0. The zero-order valence-electron chi connectivity index (χ0n) is 9.91. The third-order valence-corrected chi connectivity index (χ3v) is 4.48. The Morgan fingerprint density at radius 2 is 1.94 bits per heavy atom. The van der Waals surface area contributed by atoms with Crippen molar-refractivity contribution in [2.45, 2.75) is 49.9 Å².